The lowest BCUT2D eigenvalue weighted by atomic mass is 9.94. The molecule has 0 heterocycles. The van der Waals surface area contributed by atoms with Gasteiger partial charge in [-0.25, -0.2) is 0 Å². The largest absolute Gasteiger partial charge is 0.481 e. The minimum absolute atomic E-state index is 0.364. The number of aliphatic carboxylic acids is 2. The number of hydrogen-bond acceptors (Lipinski definition) is 4. The molecular formula is C7H13NO4S. The fourth-order valence-corrected chi connectivity index (χ4v) is 1.25. The zero-order valence-corrected chi connectivity index (χ0v) is 8.12. The van der Waals surface area contributed by atoms with Gasteiger partial charge in [-0.15, -0.1) is 0 Å². The molecule has 5 nitrogen and oxygen atoms in total. The van der Waals surface area contributed by atoms with Crippen LogP contribution in [0, 0.1) is 0 Å². The first-order valence-electron chi connectivity index (χ1n) is 3.77. The van der Waals surface area contributed by atoms with Gasteiger partial charge in [0.15, 0.2) is 0 Å². The second-order valence-corrected chi connectivity index (χ2v) is 3.61. The molecule has 6 heteroatoms. The van der Waals surface area contributed by atoms with Gasteiger partial charge in [0, 0.05) is 6.04 Å². The summed E-state index contributed by atoms with van der Waals surface area (Å²) in [5.41, 5.74) is 5.48. The predicted octanol–water partition coefficient (Wildman–Crippen LogP) is -0.0484. The predicted molar refractivity (Wildman–Crippen MR) is 49.9 cm³/mol. The van der Waals surface area contributed by atoms with E-state index in [-0.39, 0.29) is 0 Å². The van der Waals surface area contributed by atoms with E-state index in [1.54, 1.807) is 6.92 Å². The molecule has 0 rings (SSSR count). The maximum Gasteiger partial charge on any atom is 0.321 e. The van der Waals surface area contributed by atoms with Gasteiger partial charge < -0.3 is 15.9 Å². The second-order valence-electron chi connectivity index (χ2n) is 2.81. The maximum atomic E-state index is 10.7. The summed E-state index contributed by atoms with van der Waals surface area (Å²) in [6.07, 6.45) is -0.219. The molecular weight excluding hydrogens is 194 g/mol. The van der Waals surface area contributed by atoms with Gasteiger partial charge in [0.1, 0.15) is 4.75 Å². The summed E-state index contributed by atoms with van der Waals surface area (Å²) in [5, 5.41) is 17.2. The zero-order valence-electron chi connectivity index (χ0n) is 7.23. The molecule has 0 aliphatic heterocycles. The van der Waals surface area contributed by atoms with Crippen LogP contribution in [0.2, 0.25) is 0 Å². The van der Waals surface area contributed by atoms with Crippen LogP contribution in [0.1, 0.15) is 19.8 Å². The molecule has 2 atom stereocenters. The first-order chi connectivity index (χ1) is 5.84. The number of hydrogen-bond donors (Lipinski definition) is 4. The van der Waals surface area contributed by atoms with Crippen LogP contribution in [0.3, 0.4) is 0 Å². The lowest BCUT2D eigenvalue weighted by molar-refractivity contribution is -0.146. The van der Waals surface area contributed by atoms with Crippen molar-refractivity contribution >= 4 is 24.6 Å². The van der Waals surface area contributed by atoms with Gasteiger partial charge in [0.25, 0.3) is 0 Å². The molecule has 0 radical (unpaired) electrons. The van der Waals surface area contributed by atoms with Crippen molar-refractivity contribution in [2.75, 3.05) is 0 Å². The monoisotopic (exact) mass is 207 g/mol. The summed E-state index contributed by atoms with van der Waals surface area (Å²) >= 11 is 3.82. The van der Waals surface area contributed by atoms with Gasteiger partial charge >= 0.3 is 11.9 Å². The van der Waals surface area contributed by atoms with Crippen molar-refractivity contribution < 1.29 is 19.8 Å². The third-order valence-electron chi connectivity index (χ3n) is 1.84. The summed E-state index contributed by atoms with van der Waals surface area (Å²) in [7, 11) is 0. The van der Waals surface area contributed by atoms with E-state index < -0.39 is 29.1 Å². The van der Waals surface area contributed by atoms with Gasteiger partial charge in [0.2, 0.25) is 0 Å². The van der Waals surface area contributed by atoms with Gasteiger partial charge in [-0.3, -0.25) is 9.59 Å². The first-order valence-corrected chi connectivity index (χ1v) is 4.22. The van der Waals surface area contributed by atoms with Crippen molar-refractivity contribution in [1.82, 2.24) is 0 Å². The van der Waals surface area contributed by atoms with E-state index in [2.05, 4.69) is 12.6 Å². The van der Waals surface area contributed by atoms with E-state index in [1.165, 1.54) is 0 Å². The number of carboxylic acids is 2. The molecule has 0 saturated carbocycles. The Balaban J connectivity index is 4.72. The van der Waals surface area contributed by atoms with Crippen molar-refractivity contribution in [2.45, 2.75) is 30.6 Å². The van der Waals surface area contributed by atoms with E-state index >= 15 is 0 Å². The van der Waals surface area contributed by atoms with Crippen LogP contribution < -0.4 is 5.73 Å². The Hall–Kier alpha value is -0.750. The topological polar surface area (TPSA) is 101 Å². The highest BCUT2D eigenvalue weighted by molar-refractivity contribution is 7.82. The first kappa shape index (κ1) is 12.2. The number of rotatable bonds is 5. The van der Waals surface area contributed by atoms with E-state index in [0.717, 1.165) is 0 Å². The summed E-state index contributed by atoms with van der Waals surface area (Å²) < 4.78 is -1.68. The van der Waals surface area contributed by atoms with Crippen LogP contribution in [0.5, 0.6) is 0 Å². The number of thiol groups is 1. The molecule has 0 saturated heterocycles. The maximum absolute atomic E-state index is 10.7. The van der Waals surface area contributed by atoms with E-state index in [4.69, 9.17) is 15.9 Å². The van der Waals surface area contributed by atoms with Gasteiger partial charge in [0.05, 0.1) is 6.42 Å². The van der Waals surface area contributed by atoms with Crippen LogP contribution in [0.15, 0.2) is 0 Å². The quantitative estimate of drug-likeness (QED) is 0.474. The molecule has 2 unspecified atom stereocenters. The lowest BCUT2D eigenvalue weighted by Gasteiger charge is -2.27. The molecule has 0 aliphatic carbocycles. The van der Waals surface area contributed by atoms with E-state index in [9.17, 15) is 9.59 Å². The number of nitrogens with two attached hydrogens (primary N) is 1. The van der Waals surface area contributed by atoms with Crippen LogP contribution in [-0.4, -0.2) is 32.9 Å². The molecule has 0 aromatic carbocycles. The van der Waals surface area contributed by atoms with Crippen LogP contribution >= 0.6 is 12.6 Å². The molecule has 0 aliphatic rings. The fourth-order valence-electron chi connectivity index (χ4n) is 0.934. The molecule has 76 valence electrons. The molecule has 0 aromatic rings. The average Bonchev–Trinajstić information content (AvgIpc) is 2.01. The SMILES string of the molecule is CCC(N)C(S)(CC(=O)O)C(=O)O. The van der Waals surface area contributed by atoms with E-state index in [1.807, 2.05) is 0 Å². The van der Waals surface area contributed by atoms with Crippen molar-refractivity contribution in [3.05, 3.63) is 0 Å². The molecule has 4 N–H and O–H groups in total. The Labute approximate surface area is 81.3 Å². The second kappa shape index (κ2) is 4.48. The highest BCUT2D eigenvalue weighted by Crippen LogP contribution is 2.25. The Bertz CT molecular complexity index is 221. The third kappa shape index (κ3) is 2.89. The summed E-state index contributed by atoms with van der Waals surface area (Å²) in [6, 6.07) is -0.774. The Morgan fingerprint density at radius 3 is 2.23 bits per heavy atom. The molecule has 13 heavy (non-hydrogen) atoms. The van der Waals surface area contributed by atoms with Crippen molar-refractivity contribution in [2.24, 2.45) is 5.73 Å². The summed E-state index contributed by atoms with van der Waals surface area (Å²) in [6.45, 7) is 1.68. The van der Waals surface area contributed by atoms with Crippen LogP contribution in [-0.2, 0) is 9.59 Å². The standard InChI is InChI=1S/C7H13NO4S/c1-2-4(8)7(13,6(11)12)3-5(9)10/h4,13H,2-3,8H2,1H3,(H,9,10)(H,11,12). The highest BCUT2D eigenvalue weighted by atomic mass is 32.1. The normalized spacial score (nSPS) is 17.5. The van der Waals surface area contributed by atoms with E-state index in [0.29, 0.717) is 6.42 Å². The Kier molecular flexibility index (Phi) is 4.22. The van der Waals surface area contributed by atoms with Gasteiger partial charge in [-0.1, -0.05) is 6.92 Å². The molecule has 0 amide bonds. The molecule has 0 aromatic heterocycles. The number of carbonyl (C=O) groups is 2. The third-order valence-corrected chi connectivity index (χ3v) is 2.53. The molecule has 0 spiro atoms. The van der Waals surface area contributed by atoms with Crippen LogP contribution in [0.25, 0.3) is 0 Å². The zero-order chi connectivity index (χ0) is 10.6. The van der Waals surface area contributed by atoms with Gasteiger partial charge in [-0.2, -0.15) is 12.6 Å². The van der Waals surface area contributed by atoms with Crippen LogP contribution in [0.4, 0.5) is 0 Å². The summed E-state index contributed by atoms with van der Waals surface area (Å²) in [5.74, 6) is -2.52. The summed E-state index contributed by atoms with van der Waals surface area (Å²) in [4.78, 5) is 21.1. The van der Waals surface area contributed by atoms with Crippen molar-refractivity contribution in [3.63, 3.8) is 0 Å². The average molecular weight is 207 g/mol. The molecule has 0 bridgehead atoms. The fraction of sp³-hybridized carbons (Fsp3) is 0.714. The minimum atomic E-state index is -1.68. The molecule has 0 fully saturated rings. The lowest BCUT2D eigenvalue weighted by Crippen LogP contribution is -2.50. The Morgan fingerprint density at radius 1 is 1.54 bits per heavy atom. The Morgan fingerprint density at radius 2 is 2.00 bits per heavy atom. The minimum Gasteiger partial charge on any atom is -0.481 e. The van der Waals surface area contributed by atoms with Crippen molar-refractivity contribution in [1.29, 1.82) is 0 Å². The van der Waals surface area contributed by atoms with Crippen molar-refractivity contribution in [3.8, 4) is 0 Å². The smallest absolute Gasteiger partial charge is 0.321 e. The highest BCUT2D eigenvalue weighted by Gasteiger charge is 2.42. The number of carboxylic acid groups (broad SMARTS) is 2. The van der Waals surface area contributed by atoms with Gasteiger partial charge in [-0.05, 0) is 6.42 Å².